The van der Waals surface area contributed by atoms with Crippen molar-refractivity contribution < 1.29 is 22.4 Å². The zero-order valence-corrected chi connectivity index (χ0v) is 13.6. The van der Waals surface area contributed by atoms with Crippen LogP contribution in [0, 0.1) is 0 Å². The number of carbonyl (C=O) groups excluding carboxylic acids is 2. The predicted octanol–water partition coefficient (Wildman–Crippen LogP) is 0.676. The molecule has 0 bridgehead atoms. The second kappa shape index (κ2) is 6.00. The molecule has 1 aromatic heterocycles. The smallest absolute Gasteiger partial charge is 0.305 e. The maximum atomic E-state index is 12.1. The first-order valence-electron chi connectivity index (χ1n) is 7.11. The van der Waals surface area contributed by atoms with Gasteiger partial charge in [0.1, 0.15) is 0 Å². The molecule has 0 radical (unpaired) electrons. The Morgan fingerprint density at radius 1 is 1.17 bits per heavy atom. The van der Waals surface area contributed by atoms with Gasteiger partial charge in [0.25, 0.3) is 5.91 Å². The molecule has 1 aromatic carbocycles. The Hall–Kier alpha value is -2.81. The third kappa shape index (κ3) is 3.11. The van der Waals surface area contributed by atoms with E-state index in [4.69, 9.17) is 4.42 Å². The number of anilines is 1. The summed E-state index contributed by atoms with van der Waals surface area (Å²) in [6.45, 7) is 0.356. The number of hydrogen-bond acceptors (Lipinski definition) is 5. The van der Waals surface area contributed by atoms with E-state index < -0.39 is 21.8 Å². The fourth-order valence-electron chi connectivity index (χ4n) is 2.51. The van der Waals surface area contributed by atoms with Gasteiger partial charge in [-0.2, -0.15) is 0 Å². The van der Waals surface area contributed by atoms with Crippen molar-refractivity contribution in [1.82, 2.24) is 10.9 Å². The van der Waals surface area contributed by atoms with Crippen molar-refractivity contribution in [2.75, 3.05) is 17.1 Å². The van der Waals surface area contributed by atoms with Gasteiger partial charge < -0.3 is 4.42 Å². The molecule has 0 spiro atoms. The van der Waals surface area contributed by atoms with E-state index in [1.165, 1.54) is 22.7 Å². The predicted molar refractivity (Wildman–Crippen MR) is 86.0 cm³/mol. The van der Waals surface area contributed by atoms with Crippen molar-refractivity contribution in [3.05, 3.63) is 53.5 Å². The van der Waals surface area contributed by atoms with Gasteiger partial charge in [0, 0.05) is 12.1 Å². The van der Waals surface area contributed by atoms with Crippen LogP contribution in [0.4, 0.5) is 5.69 Å². The fraction of sp³-hybridized carbons (Fsp3) is 0.200. The number of hydrazine groups is 1. The topological polar surface area (TPSA) is 109 Å². The summed E-state index contributed by atoms with van der Waals surface area (Å²) >= 11 is 0. The number of carbonyl (C=O) groups is 2. The van der Waals surface area contributed by atoms with E-state index in [0.29, 0.717) is 24.2 Å². The first kappa shape index (κ1) is 16.1. The summed E-state index contributed by atoms with van der Waals surface area (Å²) in [4.78, 5) is 23.8. The lowest BCUT2D eigenvalue weighted by Gasteiger charge is -2.16. The lowest BCUT2D eigenvalue weighted by molar-refractivity contribution is 0.0831. The van der Waals surface area contributed by atoms with E-state index in [9.17, 15) is 18.0 Å². The van der Waals surface area contributed by atoms with Gasteiger partial charge in [-0.05, 0) is 42.3 Å². The molecule has 2 aromatic rings. The minimum atomic E-state index is -3.33. The molecule has 2 N–H and O–H groups in total. The van der Waals surface area contributed by atoms with E-state index in [-0.39, 0.29) is 5.76 Å². The van der Waals surface area contributed by atoms with E-state index in [2.05, 4.69) is 10.9 Å². The number of hydrogen-bond donors (Lipinski definition) is 2. The zero-order valence-electron chi connectivity index (χ0n) is 12.8. The first-order chi connectivity index (χ1) is 11.4. The van der Waals surface area contributed by atoms with Crippen molar-refractivity contribution in [3.8, 4) is 0 Å². The summed E-state index contributed by atoms with van der Waals surface area (Å²) in [6, 6.07) is 7.75. The molecule has 0 saturated heterocycles. The number of furan rings is 1. The Morgan fingerprint density at radius 3 is 2.58 bits per heavy atom. The fourth-order valence-corrected chi connectivity index (χ4v) is 3.47. The summed E-state index contributed by atoms with van der Waals surface area (Å²) in [6.07, 6.45) is 3.03. The van der Waals surface area contributed by atoms with Gasteiger partial charge >= 0.3 is 5.91 Å². The molecule has 0 fully saturated rings. The van der Waals surface area contributed by atoms with Crippen LogP contribution in [0.5, 0.6) is 0 Å². The van der Waals surface area contributed by atoms with E-state index in [1.54, 1.807) is 18.2 Å². The van der Waals surface area contributed by atoms with Crippen LogP contribution >= 0.6 is 0 Å². The van der Waals surface area contributed by atoms with Gasteiger partial charge in [-0.15, -0.1) is 0 Å². The molecule has 2 heterocycles. The molecule has 0 aliphatic carbocycles. The maximum Gasteiger partial charge on any atom is 0.305 e. The molecule has 1 aliphatic rings. The second-order valence-electron chi connectivity index (χ2n) is 5.31. The van der Waals surface area contributed by atoms with Crippen molar-refractivity contribution in [2.24, 2.45) is 0 Å². The average molecular weight is 349 g/mol. The first-order valence-corrected chi connectivity index (χ1v) is 8.96. The Balaban J connectivity index is 1.70. The van der Waals surface area contributed by atoms with E-state index >= 15 is 0 Å². The SMILES string of the molecule is CS(=O)(=O)N1CCc2cc(C(=O)NNC(=O)c3ccco3)ccc21. The van der Waals surface area contributed by atoms with Crippen LogP contribution in [-0.2, 0) is 16.4 Å². The van der Waals surface area contributed by atoms with Gasteiger partial charge in [0.05, 0.1) is 18.2 Å². The van der Waals surface area contributed by atoms with Crippen LogP contribution < -0.4 is 15.2 Å². The molecule has 9 heteroatoms. The number of nitrogens with one attached hydrogen (secondary N) is 2. The molecular weight excluding hydrogens is 334 g/mol. The van der Waals surface area contributed by atoms with Gasteiger partial charge in [-0.1, -0.05) is 0 Å². The van der Waals surface area contributed by atoms with Crippen LogP contribution in [0.2, 0.25) is 0 Å². The zero-order chi connectivity index (χ0) is 17.3. The Morgan fingerprint density at radius 2 is 1.92 bits per heavy atom. The van der Waals surface area contributed by atoms with Crippen LogP contribution in [0.25, 0.3) is 0 Å². The highest BCUT2D eigenvalue weighted by Gasteiger charge is 2.26. The summed E-state index contributed by atoms with van der Waals surface area (Å²) in [5.74, 6) is -0.999. The third-order valence-corrected chi connectivity index (χ3v) is 4.81. The molecule has 8 nitrogen and oxygen atoms in total. The number of amides is 2. The molecule has 0 atom stereocenters. The van der Waals surface area contributed by atoms with Gasteiger partial charge in [-0.25, -0.2) is 8.42 Å². The molecular formula is C15H15N3O5S. The third-order valence-electron chi connectivity index (χ3n) is 3.63. The molecule has 0 saturated carbocycles. The number of rotatable bonds is 3. The minimum Gasteiger partial charge on any atom is -0.459 e. The van der Waals surface area contributed by atoms with Crippen molar-refractivity contribution >= 4 is 27.5 Å². The molecule has 126 valence electrons. The molecule has 24 heavy (non-hydrogen) atoms. The summed E-state index contributed by atoms with van der Waals surface area (Å²) in [5.41, 5.74) is 6.20. The van der Waals surface area contributed by atoms with Gasteiger partial charge in [0.2, 0.25) is 10.0 Å². The van der Waals surface area contributed by atoms with Crippen LogP contribution in [0.15, 0.2) is 41.0 Å². The molecule has 2 amide bonds. The standard InChI is InChI=1S/C15H15N3O5S/c1-24(21,22)18-7-6-10-9-11(4-5-12(10)18)14(19)16-17-15(20)13-3-2-8-23-13/h2-5,8-9H,6-7H2,1H3,(H,16,19)(H,17,20). The van der Waals surface area contributed by atoms with Crippen LogP contribution in [0.1, 0.15) is 26.5 Å². The second-order valence-corrected chi connectivity index (χ2v) is 7.22. The maximum absolute atomic E-state index is 12.1. The van der Waals surface area contributed by atoms with Crippen LogP contribution in [-0.4, -0.2) is 33.0 Å². The highest BCUT2D eigenvalue weighted by molar-refractivity contribution is 7.92. The summed E-state index contributed by atoms with van der Waals surface area (Å²) < 4.78 is 29.6. The summed E-state index contributed by atoms with van der Waals surface area (Å²) in [5, 5.41) is 0. The normalized spacial score (nSPS) is 13.5. The summed E-state index contributed by atoms with van der Waals surface area (Å²) in [7, 11) is -3.33. The van der Waals surface area contributed by atoms with Gasteiger partial charge in [-0.3, -0.25) is 24.7 Å². The minimum absolute atomic E-state index is 0.0769. The lowest BCUT2D eigenvalue weighted by Crippen LogP contribution is -2.41. The Kier molecular flexibility index (Phi) is 4.02. The molecule has 1 aliphatic heterocycles. The van der Waals surface area contributed by atoms with Crippen molar-refractivity contribution in [2.45, 2.75) is 6.42 Å². The number of fused-ring (bicyclic) bond motifs is 1. The Bertz CT molecular complexity index is 890. The van der Waals surface area contributed by atoms with Crippen molar-refractivity contribution in [1.29, 1.82) is 0 Å². The number of benzene rings is 1. The average Bonchev–Trinajstić information content (AvgIpc) is 3.19. The molecule has 0 unspecified atom stereocenters. The monoisotopic (exact) mass is 349 g/mol. The highest BCUT2D eigenvalue weighted by Crippen LogP contribution is 2.30. The van der Waals surface area contributed by atoms with E-state index in [0.717, 1.165) is 11.8 Å². The quantitative estimate of drug-likeness (QED) is 0.792. The highest BCUT2D eigenvalue weighted by atomic mass is 32.2. The van der Waals surface area contributed by atoms with Gasteiger partial charge in [0.15, 0.2) is 5.76 Å². The Labute approximate surface area is 138 Å². The van der Waals surface area contributed by atoms with Crippen molar-refractivity contribution in [3.63, 3.8) is 0 Å². The van der Waals surface area contributed by atoms with E-state index in [1.807, 2.05) is 0 Å². The molecule has 3 rings (SSSR count). The lowest BCUT2D eigenvalue weighted by atomic mass is 10.1. The largest absolute Gasteiger partial charge is 0.459 e. The number of nitrogens with zero attached hydrogens (tertiary/aromatic N) is 1. The van der Waals surface area contributed by atoms with Crippen LogP contribution in [0.3, 0.4) is 0 Å². The number of sulfonamides is 1.